The number of hydrogen-bond donors (Lipinski definition) is 1. The molecule has 112 valence electrons. The van der Waals surface area contributed by atoms with E-state index < -0.39 is 23.3 Å². The Morgan fingerprint density at radius 3 is 2.70 bits per heavy atom. The Morgan fingerprint density at radius 2 is 2.10 bits per heavy atom. The van der Waals surface area contributed by atoms with Gasteiger partial charge in [-0.2, -0.15) is 0 Å². The molecule has 0 saturated carbocycles. The van der Waals surface area contributed by atoms with Gasteiger partial charge in [0.2, 0.25) is 0 Å². The van der Waals surface area contributed by atoms with Gasteiger partial charge in [0.1, 0.15) is 11.6 Å². The predicted molar refractivity (Wildman–Crippen MR) is 75.7 cm³/mol. The van der Waals surface area contributed by atoms with E-state index in [9.17, 15) is 8.78 Å². The maximum Gasteiger partial charge on any atom is 0.133 e. The number of rotatable bonds is 4. The molecule has 1 aliphatic heterocycles. The van der Waals surface area contributed by atoms with Crippen LogP contribution in [0.2, 0.25) is 0 Å². The summed E-state index contributed by atoms with van der Waals surface area (Å²) in [5.74, 6) is -0.971. The number of nitrogens with one attached hydrogen (secondary N) is 1. The van der Waals surface area contributed by atoms with E-state index in [1.54, 1.807) is 6.92 Å². The van der Waals surface area contributed by atoms with Crippen molar-refractivity contribution < 1.29 is 13.5 Å². The highest BCUT2D eigenvalue weighted by Crippen LogP contribution is 2.39. The van der Waals surface area contributed by atoms with Gasteiger partial charge >= 0.3 is 0 Å². The Morgan fingerprint density at radius 1 is 1.35 bits per heavy atom. The molecule has 0 spiro atoms. The molecular weight excluding hydrogens is 260 g/mol. The fourth-order valence-corrected chi connectivity index (χ4v) is 2.95. The molecule has 0 radical (unpaired) electrons. The van der Waals surface area contributed by atoms with Crippen LogP contribution in [-0.4, -0.2) is 18.8 Å². The molecule has 1 fully saturated rings. The van der Waals surface area contributed by atoms with E-state index in [0.29, 0.717) is 18.7 Å². The van der Waals surface area contributed by atoms with Crippen molar-refractivity contribution in [3.63, 3.8) is 0 Å². The Bertz CT molecular complexity index is 470. The molecule has 0 aromatic heterocycles. The zero-order chi connectivity index (χ0) is 14.8. The Balaban J connectivity index is 2.45. The first-order chi connectivity index (χ1) is 9.49. The maximum absolute atomic E-state index is 14.4. The Hall–Kier alpha value is -1.00. The van der Waals surface area contributed by atoms with Crippen molar-refractivity contribution in [2.24, 2.45) is 0 Å². The van der Waals surface area contributed by atoms with Crippen molar-refractivity contribution in [2.45, 2.75) is 51.7 Å². The quantitative estimate of drug-likeness (QED) is 0.905. The van der Waals surface area contributed by atoms with Crippen LogP contribution in [0.15, 0.2) is 12.1 Å². The molecule has 0 bridgehead atoms. The molecule has 0 amide bonds. The molecule has 1 N–H and O–H groups in total. The van der Waals surface area contributed by atoms with Crippen LogP contribution in [0.3, 0.4) is 0 Å². The summed E-state index contributed by atoms with van der Waals surface area (Å²) in [5.41, 5.74) is 0.00367. The van der Waals surface area contributed by atoms with Gasteiger partial charge in [0.05, 0.1) is 11.6 Å². The zero-order valence-corrected chi connectivity index (χ0v) is 12.4. The Labute approximate surface area is 119 Å². The van der Waals surface area contributed by atoms with Gasteiger partial charge in [-0.1, -0.05) is 13.0 Å². The number of ether oxygens (including phenoxy) is 1. The van der Waals surface area contributed by atoms with Crippen molar-refractivity contribution in [2.75, 3.05) is 13.2 Å². The molecule has 1 aliphatic rings. The van der Waals surface area contributed by atoms with Gasteiger partial charge in [0.25, 0.3) is 0 Å². The average molecular weight is 283 g/mol. The normalized spacial score (nSPS) is 24.6. The average Bonchev–Trinajstić information content (AvgIpc) is 2.43. The highest BCUT2D eigenvalue weighted by Gasteiger charge is 2.40. The van der Waals surface area contributed by atoms with E-state index in [4.69, 9.17) is 4.74 Å². The topological polar surface area (TPSA) is 21.3 Å². The minimum atomic E-state index is -0.566. The van der Waals surface area contributed by atoms with Crippen LogP contribution in [-0.2, 0) is 4.74 Å². The molecular formula is C16H23F2NO. The second-order valence-corrected chi connectivity index (χ2v) is 5.70. The van der Waals surface area contributed by atoms with E-state index >= 15 is 0 Å². The number of aryl methyl sites for hydroxylation is 1. The molecule has 1 heterocycles. The molecule has 2 unspecified atom stereocenters. The molecule has 20 heavy (non-hydrogen) atoms. The summed E-state index contributed by atoms with van der Waals surface area (Å²) in [7, 11) is 0. The van der Waals surface area contributed by atoms with Crippen molar-refractivity contribution in [1.29, 1.82) is 0 Å². The summed E-state index contributed by atoms with van der Waals surface area (Å²) in [6.45, 7) is 6.82. The van der Waals surface area contributed by atoms with Gasteiger partial charge in [0.15, 0.2) is 0 Å². The van der Waals surface area contributed by atoms with Crippen LogP contribution in [0.4, 0.5) is 8.78 Å². The lowest BCUT2D eigenvalue weighted by Crippen LogP contribution is -2.46. The first-order valence-corrected chi connectivity index (χ1v) is 7.31. The second kappa shape index (κ2) is 6.19. The molecule has 1 aromatic rings. The zero-order valence-electron chi connectivity index (χ0n) is 12.4. The standard InChI is InChI=1S/C16H23F2NO/c1-4-19-15(16(3)9-5-6-10-20-16)13-12(17)8-7-11(2)14(13)18/h7-8,15,19H,4-6,9-10H2,1-3H3. The third-order valence-electron chi connectivity index (χ3n) is 4.13. The molecule has 4 heteroatoms. The summed E-state index contributed by atoms with van der Waals surface area (Å²) in [6.07, 6.45) is 2.83. The fraction of sp³-hybridized carbons (Fsp3) is 0.625. The summed E-state index contributed by atoms with van der Waals surface area (Å²) < 4.78 is 34.5. The minimum Gasteiger partial charge on any atom is -0.373 e. The maximum atomic E-state index is 14.4. The van der Waals surface area contributed by atoms with Gasteiger partial charge < -0.3 is 10.1 Å². The summed E-state index contributed by atoms with van der Waals surface area (Å²) >= 11 is 0. The van der Waals surface area contributed by atoms with Crippen LogP contribution in [0.25, 0.3) is 0 Å². The minimum absolute atomic E-state index is 0.108. The summed E-state index contributed by atoms with van der Waals surface area (Å²) in [6, 6.07) is 2.35. The van der Waals surface area contributed by atoms with Crippen molar-refractivity contribution in [3.05, 3.63) is 34.9 Å². The Kier molecular flexibility index (Phi) is 4.76. The van der Waals surface area contributed by atoms with Gasteiger partial charge in [-0.05, 0) is 51.3 Å². The molecule has 1 aromatic carbocycles. The smallest absolute Gasteiger partial charge is 0.133 e. The summed E-state index contributed by atoms with van der Waals surface area (Å²) in [4.78, 5) is 0. The molecule has 2 nitrogen and oxygen atoms in total. The van der Waals surface area contributed by atoms with Crippen molar-refractivity contribution >= 4 is 0 Å². The van der Waals surface area contributed by atoms with E-state index in [-0.39, 0.29) is 5.56 Å². The first-order valence-electron chi connectivity index (χ1n) is 7.31. The first kappa shape index (κ1) is 15.4. The van der Waals surface area contributed by atoms with Crippen LogP contribution in [0.5, 0.6) is 0 Å². The largest absolute Gasteiger partial charge is 0.373 e. The number of hydrogen-bond acceptors (Lipinski definition) is 2. The highest BCUT2D eigenvalue weighted by molar-refractivity contribution is 5.31. The molecule has 2 atom stereocenters. The molecule has 2 rings (SSSR count). The lowest BCUT2D eigenvalue weighted by Gasteiger charge is -2.41. The third kappa shape index (κ3) is 2.86. The van der Waals surface area contributed by atoms with Crippen LogP contribution >= 0.6 is 0 Å². The fourth-order valence-electron chi connectivity index (χ4n) is 2.95. The SMILES string of the molecule is CCNC(c1c(F)ccc(C)c1F)C1(C)CCCCO1. The number of benzene rings is 1. The van der Waals surface area contributed by atoms with Gasteiger partial charge in [-0.3, -0.25) is 0 Å². The second-order valence-electron chi connectivity index (χ2n) is 5.70. The van der Waals surface area contributed by atoms with E-state index in [0.717, 1.165) is 19.3 Å². The highest BCUT2D eigenvalue weighted by atomic mass is 19.1. The van der Waals surface area contributed by atoms with Crippen molar-refractivity contribution in [3.8, 4) is 0 Å². The van der Waals surface area contributed by atoms with Crippen molar-refractivity contribution in [1.82, 2.24) is 5.32 Å². The van der Waals surface area contributed by atoms with Gasteiger partial charge in [0, 0.05) is 12.2 Å². The van der Waals surface area contributed by atoms with Gasteiger partial charge in [-0.15, -0.1) is 0 Å². The van der Waals surface area contributed by atoms with E-state index in [1.165, 1.54) is 12.1 Å². The lowest BCUT2D eigenvalue weighted by molar-refractivity contribution is -0.0908. The van der Waals surface area contributed by atoms with Crippen LogP contribution < -0.4 is 5.32 Å². The summed E-state index contributed by atoms with van der Waals surface area (Å²) in [5, 5.41) is 3.21. The van der Waals surface area contributed by atoms with E-state index in [1.807, 2.05) is 13.8 Å². The monoisotopic (exact) mass is 283 g/mol. The number of likely N-dealkylation sites (N-methyl/N-ethyl adjacent to an activating group) is 1. The molecule has 1 saturated heterocycles. The van der Waals surface area contributed by atoms with E-state index in [2.05, 4.69) is 5.32 Å². The predicted octanol–water partition coefficient (Wildman–Crippen LogP) is 3.88. The number of halogens is 2. The third-order valence-corrected chi connectivity index (χ3v) is 4.13. The van der Waals surface area contributed by atoms with Gasteiger partial charge in [-0.25, -0.2) is 8.78 Å². The lowest BCUT2D eigenvalue weighted by atomic mass is 9.83. The van der Waals surface area contributed by atoms with Crippen LogP contribution in [0, 0.1) is 18.6 Å². The van der Waals surface area contributed by atoms with Crippen LogP contribution in [0.1, 0.15) is 50.3 Å². The molecule has 0 aliphatic carbocycles.